The molecule has 4 rings (SSSR count). The van der Waals surface area contributed by atoms with Gasteiger partial charge in [0, 0.05) is 32.5 Å². The van der Waals surface area contributed by atoms with Crippen molar-refractivity contribution in [2.24, 2.45) is 0 Å². The highest BCUT2D eigenvalue weighted by Crippen LogP contribution is 2.26. The molecule has 0 spiro atoms. The third kappa shape index (κ3) is 3.87. The standard InChI is InChI=1S/C21H25N7O3S/c1-2-9-27-18-6-5-16(32(30,31)26-10-3-4-11-26)12-17(18)25-19(27)7-8-20(29)28-21(23)15(13-22)14-24-28/h5-6,12,14H,2-4,7-11,23H2,1H3. The fourth-order valence-corrected chi connectivity index (χ4v) is 5.57. The lowest BCUT2D eigenvalue weighted by Gasteiger charge is -2.15. The highest BCUT2D eigenvalue weighted by Gasteiger charge is 2.28. The van der Waals surface area contributed by atoms with Gasteiger partial charge in [-0.3, -0.25) is 4.79 Å². The molecule has 2 N–H and O–H groups in total. The van der Waals surface area contributed by atoms with Crippen LogP contribution in [-0.4, -0.2) is 51.1 Å². The maximum Gasteiger partial charge on any atom is 0.249 e. The van der Waals surface area contributed by atoms with Gasteiger partial charge in [-0.05, 0) is 37.5 Å². The van der Waals surface area contributed by atoms with Crippen LogP contribution in [0.25, 0.3) is 11.0 Å². The number of benzene rings is 1. The van der Waals surface area contributed by atoms with Crippen LogP contribution >= 0.6 is 0 Å². The highest BCUT2D eigenvalue weighted by atomic mass is 32.2. The molecule has 10 nitrogen and oxygen atoms in total. The maximum absolute atomic E-state index is 12.9. The van der Waals surface area contributed by atoms with Crippen LogP contribution in [0.5, 0.6) is 0 Å². The zero-order valence-corrected chi connectivity index (χ0v) is 18.7. The molecule has 0 atom stereocenters. The van der Waals surface area contributed by atoms with Crippen LogP contribution in [0.2, 0.25) is 0 Å². The molecular formula is C21H25N7O3S. The lowest BCUT2D eigenvalue weighted by atomic mass is 10.2. The van der Waals surface area contributed by atoms with E-state index in [9.17, 15) is 13.2 Å². The zero-order valence-electron chi connectivity index (χ0n) is 17.9. The minimum atomic E-state index is -3.53. The van der Waals surface area contributed by atoms with E-state index in [2.05, 4.69) is 10.1 Å². The number of nitrogens with two attached hydrogens (primary N) is 1. The van der Waals surface area contributed by atoms with Gasteiger partial charge in [0.15, 0.2) is 0 Å². The molecule has 0 saturated carbocycles. The summed E-state index contributed by atoms with van der Waals surface area (Å²) in [5.41, 5.74) is 7.39. The Balaban J connectivity index is 1.62. The molecule has 3 aromatic rings. The average Bonchev–Trinajstić information content (AvgIpc) is 3.51. The number of aryl methyl sites for hydroxylation is 2. The first kappa shape index (κ1) is 22.0. The second-order valence-corrected chi connectivity index (χ2v) is 9.74. The number of sulfonamides is 1. The van der Waals surface area contributed by atoms with E-state index in [0.717, 1.165) is 29.5 Å². The van der Waals surface area contributed by atoms with Crippen LogP contribution in [0, 0.1) is 11.3 Å². The SMILES string of the molecule is CCCn1c(CCC(=O)n2ncc(C#N)c2N)nc2cc(S(=O)(=O)N3CCCC3)ccc21. The molecule has 1 aliphatic heterocycles. The molecular weight excluding hydrogens is 430 g/mol. The van der Waals surface area contributed by atoms with Crippen molar-refractivity contribution in [1.82, 2.24) is 23.6 Å². The Morgan fingerprint density at radius 1 is 1.28 bits per heavy atom. The van der Waals surface area contributed by atoms with Gasteiger partial charge in [-0.15, -0.1) is 0 Å². The Morgan fingerprint density at radius 3 is 2.69 bits per heavy atom. The van der Waals surface area contributed by atoms with Gasteiger partial charge in [0.25, 0.3) is 0 Å². The van der Waals surface area contributed by atoms with Gasteiger partial charge in [0.1, 0.15) is 23.3 Å². The van der Waals surface area contributed by atoms with Gasteiger partial charge in [0.2, 0.25) is 15.9 Å². The Hall–Kier alpha value is -3.23. The van der Waals surface area contributed by atoms with Gasteiger partial charge in [0.05, 0.1) is 22.1 Å². The fourth-order valence-electron chi connectivity index (χ4n) is 4.03. The molecule has 32 heavy (non-hydrogen) atoms. The molecule has 0 radical (unpaired) electrons. The van der Waals surface area contributed by atoms with Crippen LogP contribution in [0.15, 0.2) is 29.3 Å². The number of nitrogen functional groups attached to an aromatic ring is 1. The first-order valence-electron chi connectivity index (χ1n) is 10.6. The monoisotopic (exact) mass is 455 g/mol. The summed E-state index contributed by atoms with van der Waals surface area (Å²) < 4.78 is 30.4. The van der Waals surface area contributed by atoms with Crippen molar-refractivity contribution >= 4 is 32.8 Å². The van der Waals surface area contributed by atoms with Crippen molar-refractivity contribution in [3.8, 4) is 6.07 Å². The number of nitriles is 1. The molecule has 1 saturated heterocycles. The normalized spacial score (nSPS) is 14.8. The Morgan fingerprint density at radius 2 is 2.03 bits per heavy atom. The summed E-state index contributed by atoms with van der Waals surface area (Å²) in [4.78, 5) is 17.5. The number of hydrogen-bond donors (Lipinski definition) is 1. The number of aromatic nitrogens is 4. The number of carbonyl (C=O) groups is 1. The van der Waals surface area contributed by atoms with Gasteiger partial charge in [-0.2, -0.15) is 19.3 Å². The van der Waals surface area contributed by atoms with Crippen molar-refractivity contribution < 1.29 is 13.2 Å². The minimum absolute atomic E-state index is 0.0244. The average molecular weight is 456 g/mol. The van der Waals surface area contributed by atoms with Gasteiger partial charge in [-0.1, -0.05) is 6.92 Å². The van der Waals surface area contributed by atoms with Crippen molar-refractivity contribution in [3.63, 3.8) is 0 Å². The van der Waals surface area contributed by atoms with E-state index in [-0.39, 0.29) is 28.6 Å². The number of carbonyl (C=O) groups excluding carboxylic acids is 1. The highest BCUT2D eigenvalue weighted by molar-refractivity contribution is 7.89. The number of rotatable bonds is 7. The summed E-state index contributed by atoms with van der Waals surface area (Å²) >= 11 is 0. The Kier molecular flexibility index (Phi) is 5.99. The van der Waals surface area contributed by atoms with E-state index in [1.54, 1.807) is 18.2 Å². The molecule has 1 fully saturated rings. The van der Waals surface area contributed by atoms with E-state index in [4.69, 9.17) is 11.0 Å². The van der Waals surface area contributed by atoms with Crippen LogP contribution in [0.3, 0.4) is 0 Å². The third-order valence-electron chi connectivity index (χ3n) is 5.67. The molecule has 0 amide bonds. The van der Waals surface area contributed by atoms with E-state index < -0.39 is 10.0 Å². The summed E-state index contributed by atoms with van der Waals surface area (Å²) in [5.74, 6) is 0.380. The molecule has 0 aliphatic carbocycles. The molecule has 11 heteroatoms. The zero-order chi connectivity index (χ0) is 22.9. The van der Waals surface area contributed by atoms with Crippen LogP contribution in [0.1, 0.15) is 48.8 Å². The molecule has 0 unspecified atom stereocenters. The van der Waals surface area contributed by atoms with Gasteiger partial charge in [-0.25, -0.2) is 13.4 Å². The molecule has 1 aromatic carbocycles. The van der Waals surface area contributed by atoms with Gasteiger partial charge >= 0.3 is 0 Å². The number of fused-ring (bicyclic) bond motifs is 1. The first-order valence-corrected chi connectivity index (χ1v) is 12.1. The van der Waals surface area contributed by atoms with E-state index in [1.807, 2.05) is 17.6 Å². The quantitative estimate of drug-likeness (QED) is 0.575. The number of nitrogens with zero attached hydrogens (tertiary/aromatic N) is 6. The molecule has 0 bridgehead atoms. The van der Waals surface area contributed by atoms with Crippen molar-refractivity contribution in [1.29, 1.82) is 5.26 Å². The van der Waals surface area contributed by atoms with Crippen molar-refractivity contribution in [3.05, 3.63) is 35.8 Å². The third-order valence-corrected chi connectivity index (χ3v) is 7.57. The lowest BCUT2D eigenvalue weighted by Crippen LogP contribution is -2.27. The predicted octanol–water partition coefficient (Wildman–Crippen LogP) is 2.15. The molecule has 2 aromatic heterocycles. The van der Waals surface area contributed by atoms with Gasteiger partial charge < -0.3 is 10.3 Å². The fraction of sp³-hybridized carbons (Fsp3) is 0.429. The molecule has 1 aliphatic rings. The predicted molar refractivity (Wildman–Crippen MR) is 118 cm³/mol. The topological polar surface area (TPSA) is 140 Å². The molecule has 3 heterocycles. The minimum Gasteiger partial charge on any atom is -0.382 e. The van der Waals surface area contributed by atoms with Crippen molar-refractivity contribution in [2.75, 3.05) is 18.8 Å². The van der Waals surface area contributed by atoms with E-state index >= 15 is 0 Å². The number of imidazole rings is 1. The summed E-state index contributed by atoms with van der Waals surface area (Å²) in [6.45, 7) is 3.83. The number of hydrogen-bond acceptors (Lipinski definition) is 7. The smallest absolute Gasteiger partial charge is 0.249 e. The lowest BCUT2D eigenvalue weighted by molar-refractivity contribution is 0.0889. The van der Waals surface area contributed by atoms with Crippen LogP contribution in [0.4, 0.5) is 5.82 Å². The summed E-state index contributed by atoms with van der Waals surface area (Å²) in [6, 6.07) is 6.93. The van der Waals surface area contributed by atoms with Crippen LogP contribution < -0.4 is 5.73 Å². The second-order valence-electron chi connectivity index (χ2n) is 7.80. The summed E-state index contributed by atoms with van der Waals surface area (Å²) in [6.07, 6.45) is 4.31. The van der Waals surface area contributed by atoms with Crippen molar-refractivity contribution in [2.45, 2.75) is 50.5 Å². The Bertz CT molecular complexity index is 1310. The van der Waals surface area contributed by atoms with E-state index in [1.165, 1.54) is 10.5 Å². The first-order chi connectivity index (χ1) is 15.4. The maximum atomic E-state index is 12.9. The largest absolute Gasteiger partial charge is 0.382 e. The number of anilines is 1. The van der Waals surface area contributed by atoms with Crippen LogP contribution in [-0.2, 0) is 23.0 Å². The summed E-state index contributed by atoms with van der Waals surface area (Å²) in [7, 11) is -3.53. The summed E-state index contributed by atoms with van der Waals surface area (Å²) in [5, 5.41) is 12.9. The molecule has 168 valence electrons. The Labute approximate surface area is 186 Å². The van der Waals surface area contributed by atoms with E-state index in [0.29, 0.717) is 37.4 Å². The second kappa shape index (κ2) is 8.72.